The van der Waals surface area contributed by atoms with Gasteiger partial charge in [-0.05, 0) is 55.0 Å². The fourth-order valence-electron chi connectivity index (χ4n) is 3.20. The lowest BCUT2D eigenvalue weighted by Crippen LogP contribution is -2.20. The first-order valence-electron chi connectivity index (χ1n) is 10.3. The van der Waals surface area contributed by atoms with Gasteiger partial charge < -0.3 is 15.4 Å². The number of nitrogens with zero attached hydrogens (tertiary/aromatic N) is 3. The van der Waals surface area contributed by atoms with Crippen LogP contribution in [-0.4, -0.2) is 21.0 Å². The molecule has 35 heavy (non-hydrogen) atoms. The van der Waals surface area contributed by atoms with Crippen LogP contribution in [0.4, 0.5) is 29.3 Å². The zero-order valence-electron chi connectivity index (χ0n) is 18.3. The van der Waals surface area contributed by atoms with Gasteiger partial charge in [0.25, 0.3) is 0 Å². The summed E-state index contributed by atoms with van der Waals surface area (Å²) in [4.78, 5) is 12.3. The highest BCUT2D eigenvalue weighted by Crippen LogP contribution is 2.36. The van der Waals surface area contributed by atoms with Crippen molar-refractivity contribution in [1.29, 1.82) is 0 Å². The van der Waals surface area contributed by atoms with Crippen LogP contribution in [0.5, 0.6) is 5.75 Å². The summed E-state index contributed by atoms with van der Waals surface area (Å²) in [7, 11) is 0. The van der Waals surface area contributed by atoms with Gasteiger partial charge in [0.15, 0.2) is 0 Å². The number of nitrogens with one attached hydrogen (secondary N) is 2. The third-order valence-corrected chi connectivity index (χ3v) is 5.14. The fraction of sp³-hybridized carbons (Fsp3) is 0.125. The number of aromatic nitrogens is 3. The predicted molar refractivity (Wildman–Crippen MR) is 126 cm³/mol. The van der Waals surface area contributed by atoms with E-state index in [1.807, 2.05) is 31.2 Å². The van der Waals surface area contributed by atoms with E-state index in [1.165, 1.54) is 6.07 Å². The SMILES string of the molecule is Cc1cccc(-n2cc(COc3cccc(NC(=O)Nc4ccc(Cl)c(C(F)(F)F)c4)c3)nn2)c1. The monoisotopic (exact) mass is 501 g/mol. The van der Waals surface area contributed by atoms with E-state index >= 15 is 0 Å². The molecule has 0 radical (unpaired) electrons. The van der Waals surface area contributed by atoms with Crippen molar-refractivity contribution in [3.05, 3.63) is 94.8 Å². The van der Waals surface area contributed by atoms with Crippen LogP contribution < -0.4 is 15.4 Å². The van der Waals surface area contributed by atoms with Gasteiger partial charge in [-0.2, -0.15) is 13.2 Å². The summed E-state index contributed by atoms with van der Waals surface area (Å²) in [5, 5.41) is 12.7. The summed E-state index contributed by atoms with van der Waals surface area (Å²) < 4.78 is 46.5. The lowest BCUT2D eigenvalue weighted by Gasteiger charge is -2.13. The van der Waals surface area contributed by atoms with Crippen molar-refractivity contribution < 1.29 is 22.7 Å². The maximum atomic E-state index is 13.0. The largest absolute Gasteiger partial charge is 0.487 e. The molecule has 0 saturated heterocycles. The second-order valence-corrected chi connectivity index (χ2v) is 7.99. The van der Waals surface area contributed by atoms with Gasteiger partial charge in [0.1, 0.15) is 18.1 Å². The molecule has 0 aliphatic rings. The van der Waals surface area contributed by atoms with Crippen molar-refractivity contribution >= 4 is 29.0 Å². The highest BCUT2D eigenvalue weighted by Gasteiger charge is 2.33. The maximum absolute atomic E-state index is 13.0. The molecular weight excluding hydrogens is 483 g/mol. The van der Waals surface area contributed by atoms with Crippen LogP contribution in [0.15, 0.2) is 72.9 Å². The maximum Gasteiger partial charge on any atom is 0.417 e. The van der Waals surface area contributed by atoms with Crippen molar-refractivity contribution in [2.75, 3.05) is 10.6 Å². The van der Waals surface area contributed by atoms with E-state index in [0.29, 0.717) is 17.1 Å². The van der Waals surface area contributed by atoms with E-state index in [-0.39, 0.29) is 12.3 Å². The summed E-state index contributed by atoms with van der Waals surface area (Å²) in [5.41, 5.74) is 1.87. The van der Waals surface area contributed by atoms with Gasteiger partial charge in [0.05, 0.1) is 22.5 Å². The zero-order valence-corrected chi connectivity index (χ0v) is 19.1. The van der Waals surface area contributed by atoms with E-state index in [4.69, 9.17) is 16.3 Å². The highest BCUT2D eigenvalue weighted by molar-refractivity contribution is 6.31. The summed E-state index contributed by atoms with van der Waals surface area (Å²) >= 11 is 5.61. The molecule has 0 spiro atoms. The number of anilines is 2. The van der Waals surface area contributed by atoms with Gasteiger partial charge in [0, 0.05) is 17.4 Å². The Morgan fingerprint density at radius 1 is 1.03 bits per heavy atom. The van der Waals surface area contributed by atoms with Crippen molar-refractivity contribution in [1.82, 2.24) is 15.0 Å². The molecule has 4 aromatic rings. The number of benzene rings is 3. The topological polar surface area (TPSA) is 81.1 Å². The van der Waals surface area contributed by atoms with Crippen LogP contribution in [0.1, 0.15) is 16.8 Å². The van der Waals surface area contributed by atoms with E-state index in [0.717, 1.165) is 23.4 Å². The van der Waals surface area contributed by atoms with E-state index in [9.17, 15) is 18.0 Å². The first-order chi connectivity index (χ1) is 16.7. The molecule has 180 valence electrons. The van der Waals surface area contributed by atoms with Crippen molar-refractivity contribution in [3.63, 3.8) is 0 Å². The molecular formula is C24H19ClF3N5O2. The van der Waals surface area contributed by atoms with Crippen molar-refractivity contribution in [3.8, 4) is 11.4 Å². The molecule has 0 atom stereocenters. The first-order valence-corrected chi connectivity index (χ1v) is 10.7. The lowest BCUT2D eigenvalue weighted by molar-refractivity contribution is -0.137. The Bertz CT molecular complexity index is 1360. The average Bonchev–Trinajstić information content (AvgIpc) is 3.28. The third-order valence-electron chi connectivity index (χ3n) is 4.82. The quantitative estimate of drug-likeness (QED) is 0.317. The molecule has 4 rings (SSSR count). The molecule has 2 amide bonds. The van der Waals surface area contributed by atoms with Gasteiger partial charge in [-0.15, -0.1) is 5.10 Å². The minimum atomic E-state index is -4.64. The molecule has 11 heteroatoms. The molecule has 2 N–H and O–H groups in total. The molecule has 0 unspecified atom stereocenters. The minimum absolute atomic E-state index is 0.0525. The number of rotatable bonds is 6. The summed E-state index contributed by atoms with van der Waals surface area (Å²) in [6.07, 6.45) is -2.88. The number of carbonyl (C=O) groups excluding carboxylic acids is 1. The number of halogens is 4. The minimum Gasteiger partial charge on any atom is -0.487 e. The fourth-order valence-corrected chi connectivity index (χ4v) is 3.42. The van der Waals surface area contributed by atoms with Crippen LogP contribution in [0.2, 0.25) is 5.02 Å². The van der Waals surface area contributed by atoms with Crippen LogP contribution in [0.3, 0.4) is 0 Å². The molecule has 7 nitrogen and oxygen atoms in total. The van der Waals surface area contributed by atoms with Crippen LogP contribution in [-0.2, 0) is 12.8 Å². The molecule has 1 heterocycles. The number of hydrogen-bond acceptors (Lipinski definition) is 4. The normalized spacial score (nSPS) is 11.2. The second kappa shape index (κ2) is 10.1. The summed E-state index contributed by atoms with van der Waals surface area (Å²) in [5.74, 6) is 0.457. The number of urea groups is 1. The molecule has 0 fully saturated rings. The number of hydrogen-bond donors (Lipinski definition) is 2. The van der Waals surface area contributed by atoms with Crippen LogP contribution in [0, 0.1) is 6.92 Å². The van der Waals surface area contributed by atoms with Gasteiger partial charge >= 0.3 is 12.2 Å². The number of amides is 2. The van der Waals surface area contributed by atoms with Gasteiger partial charge in [-0.25, -0.2) is 9.48 Å². The van der Waals surface area contributed by atoms with Crippen LogP contribution in [0.25, 0.3) is 5.69 Å². The zero-order chi connectivity index (χ0) is 25.0. The molecule has 0 saturated carbocycles. The van der Waals surface area contributed by atoms with E-state index in [2.05, 4.69) is 20.9 Å². The lowest BCUT2D eigenvalue weighted by atomic mass is 10.2. The standard InChI is InChI=1S/C24H19ClF3N5O2/c1-15-4-2-6-19(10-15)33-13-18(31-32-33)14-35-20-7-3-5-16(11-20)29-23(34)30-17-8-9-22(25)21(12-17)24(26,27)28/h2-13H,14H2,1H3,(H2,29,30,34). The molecule has 1 aromatic heterocycles. The number of alkyl halides is 3. The van der Waals surface area contributed by atoms with E-state index < -0.39 is 22.8 Å². The molecule has 0 aliphatic heterocycles. The van der Waals surface area contributed by atoms with Crippen molar-refractivity contribution in [2.24, 2.45) is 0 Å². The Morgan fingerprint density at radius 2 is 1.77 bits per heavy atom. The first kappa shape index (κ1) is 24.1. The number of aryl methyl sites for hydroxylation is 1. The third kappa shape index (κ3) is 6.30. The summed E-state index contributed by atoms with van der Waals surface area (Å²) in [6.45, 7) is 2.13. The predicted octanol–water partition coefficient (Wildman–Crippen LogP) is 6.47. The smallest absolute Gasteiger partial charge is 0.417 e. The summed E-state index contributed by atoms with van der Waals surface area (Å²) in [6, 6.07) is 16.8. The molecule has 3 aromatic carbocycles. The molecule has 0 bridgehead atoms. The Kier molecular flexibility index (Phi) is 6.92. The Hall–Kier alpha value is -4.05. The second-order valence-electron chi connectivity index (χ2n) is 7.58. The van der Waals surface area contributed by atoms with Gasteiger partial charge in [-0.1, -0.05) is 35.0 Å². The van der Waals surface area contributed by atoms with E-state index in [1.54, 1.807) is 35.1 Å². The number of ether oxygens (including phenoxy) is 1. The Labute approximate surface area is 203 Å². The van der Waals surface area contributed by atoms with Crippen LogP contribution >= 0.6 is 11.6 Å². The van der Waals surface area contributed by atoms with Crippen molar-refractivity contribution in [2.45, 2.75) is 19.7 Å². The Balaban J connectivity index is 1.36. The van der Waals surface area contributed by atoms with Gasteiger partial charge in [0.2, 0.25) is 0 Å². The highest BCUT2D eigenvalue weighted by atomic mass is 35.5. The van der Waals surface area contributed by atoms with Gasteiger partial charge in [-0.3, -0.25) is 0 Å². The Morgan fingerprint density at radius 3 is 2.51 bits per heavy atom. The molecule has 0 aliphatic carbocycles. The average molecular weight is 502 g/mol. The number of carbonyl (C=O) groups is 1.